The minimum atomic E-state index is -0.788. The van der Waals surface area contributed by atoms with Gasteiger partial charge in [-0.25, -0.2) is 0 Å². The van der Waals surface area contributed by atoms with Crippen LogP contribution in [-0.2, 0) is 28.6 Å². The van der Waals surface area contributed by atoms with E-state index in [1.165, 1.54) is 83.5 Å². The van der Waals surface area contributed by atoms with Crippen molar-refractivity contribution < 1.29 is 28.6 Å². The van der Waals surface area contributed by atoms with E-state index in [0.717, 1.165) is 116 Å². The number of hydrogen-bond donors (Lipinski definition) is 0. The van der Waals surface area contributed by atoms with Crippen LogP contribution in [0.5, 0.6) is 0 Å². The zero-order valence-corrected chi connectivity index (χ0v) is 39.9. The summed E-state index contributed by atoms with van der Waals surface area (Å²) in [5.74, 6) is -0.925. The van der Waals surface area contributed by atoms with Gasteiger partial charge in [0.05, 0.1) is 0 Å². The van der Waals surface area contributed by atoms with Gasteiger partial charge in [0.15, 0.2) is 6.10 Å². The molecule has 0 N–H and O–H groups in total. The van der Waals surface area contributed by atoms with Gasteiger partial charge in [0.1, 0.15) is 13.2 Å². The quantitative estimate of drug-likeness (QED) is 0.0263. The van der Waals surface area contributed by atoms with Crippen LogP contribution in [0.4, 0.5) is 0 Å². The van der Waals surface area contributed by atoms with Crippen molar-refractivity contribution in [3.8, 4) is 0 Å². The third-order valence-electron chi connectivity index (χ3n) is 10.7. The van der Waals surface area contributed by atoms with Crippen LogP contribution >= 0.6 is 0 Å². The first kappa shape index (κ1) is 57.9. The average molecular weight is 851 g/mol. The van der Waals surface area contributed by atoms with E-state index in [4.69, 9.17) is 14.2 Å². The highest BCUT2D eigenvalue weighted by Crippen LogP contribution is 2.14. The Labute approximate surface area is 376 Å². The van der Waals surface area contributed by atoms with Crippen LogP contribution in [0, 0.1) is 0 Å². The van der Waals surface area contributed by atoms with Crippen LogP contribution in [0.25, 0.3) is 0 Å². The molecule has 0 aliphatic heterocycles. The zero-order chi connectivity index (χ0) is 44.4. The first-order valence-electron chi connectivity index (χ1n) is 25.4. The summed E-state index contributed by atoms with van der Waals surface area (Å²) in [6, 6.07) is 0. The smallest absolute Gasteiger partial charge is 0.306 e. The lowest BCUT2D eigenvalue weighted by atomic mass is 10.1. The Morgan fingerprint density at radius 1 is 0.344 bits per heavy atom. The van der Waals surface area contributed by atoms with Gasteiger partial charge in [-0.1, -0.05) is 203 Å². The Morgan fingerprint density at radius 3 is 1.03 bits per heavy atom. The molecule has 0 amide bonds. The van der Waals surface area contributed by atoms with Gasteiger partial charge in [-0.2, -0.15) is 0 Å². The summed E-state index contributed by atoms with van der Waals surface area (Å²) in [5, 5.41) is 0. The van der Waals surface area contributed by atoms with E-state index >= 15 is 0 Å². The second-order valence-corrected chi connectivity index (χ2v) is 16.7. The highest BCUT2D eigenvalue weighted by molar-refractivity contribution is 5.71. The molecule has 0 spiro atoms. The summed E-state index contributed by atoms with van der Waals surface area (Å²) in [7, 11) is 0. The number of carbonyl (C=O) groups excluding carboxylic acids is 3. The summed E-state index contributed by atoms with van der Waals surface area (Å²) < 4.78 is 16.8. The van der Waals surface area contributed by atoms with Crippen molar-refractivity contribution in [3.05, 3.63) is 72.9 Å². The van der Waals surface area contributed by atoms with Crippen molar-refractivity contribution in [1.82, 2.24) is 0 Å². The molecule has 0 saturated carbocycles. The third-order valence-corrected chi connectivity index (χ3v) is 10.7. The molecule has 0 aromatic heterocycles. The maximum atomic E-state index is 12.8. The van der Waals surface area contributed by atoms with Crippen LogP contribution in [0.3, 0.4) is 0 Å². The number of allylic oxidation sites excluding steroid dienone is 12. The number of ether oxygens (including phenoxy) is 3. The predicted molar refractivity (Wildman–Crippen MR) is 261 cm³/mol. The Balaban J connectivity index is 4.42. The molecule has 0 rings (SSSR count). The Hall–Kier alpha value is -3.15. The van der Waals surface area contributed by atoms with E-state index in [1.807, 2.05) is 0 Å². The topological polar surface area (TPSA) is 78.9 Å². The van der Waals surface area contributed by atoms with E-state index in [9.17, 15) is 14.4 Å². The largest absolute Gasteiger partial charge is 0.462 e. The maximum absolute atomic E-state index is 12.8. The normalized spacial score (nSPS) is 12.6. The summed E-state index contributed by atoms with van der Waals surface area (Å²) in [6.07, 6.45) is 61.6. The molecule has 6 heteroatoms. The molecule has 0 saturated heterocycles. The first-order chi connectivity index (χ1) is 30.0. The van der Waals surface area contributed by atoms with Gasteiger partial charge in [-0.05, 0) is 89.9 Å². The van der Waals surface area contributed by atoms with E-state index in [2.05, 4.69) is 93.7 Å². The van der Waals surface area contributed by atoms with Gasteiger partial charge in [-0.15, -0.1) is 0 Å². The van der Waals surface area contributed by atoms with Crippen LogP contribution in [-0.4, -0.2) is 37.2 Å². The van der Waals surface area contributed by atoms with Crippen LogP contribution in [0.2, 0.25) is 0 Å². The Bertz CT molecular complexity index is 1160. The van der Waals surface area contributed by atoms with Crippen molar-refractivity contribution in [3.63, 3.8) is 0 Å². The van der Waals surface area contributed by atoms with E-state index in [1.54, 1.807) is 0 Å². The molecule has 0 radical (unpaired) electrons. The lowest BCUT2D eigenvalue weighted by Gasteiger charge is -2.18. The maximum Gasteiger partial charge on any atom is 0.306 e. The van der Waals surface area contributed by atoms with Crippen molar-refractivity contribution in [2.75, 3.05) is 13.2 Å². The zero-order valence-electron chi connectivity index (χ0n) is 39.9. The summed E-state index contributed by atoms with van der Waals surface area (Å²) in [4.78, 5) is 37.9. The molecule has 0 aliphatic rings. The summed E-state index contributed by atoms with van der Waals surface area (Å²) >= 11 is 0. The molecule has 61 heavy (non-hydrogen) atoms. The fourth-order valence-electron chi connectivity index (χ4n) is 6.87. The number of esters is 3. The fraction of sp³-hybridized carbons (Fsp3) is 0.727. The second kappa shape index (κ2) is 49.5. The van der Waals surface area contributed by atoms with Crippen molar-refractivity contribution in [2.24, 2.45) is 0 Å². The van der Waals surface area contributed by atoms with Gasteiger partial charge in [-0.3, -0.25) is 14.4 Å². The second-order valence-electron chi connectivity index (χ2n) is 16.7. The van der Waals surface area contributed by atoms with Gasteiger partial charge in [0.2, 0.25) is 0 Å². The molecule has 0 aliphatic carbocycles. The number of hydrogen-bond acceptors (Lipinski definition) is 6. The predicted octanol–water partition coefficient (Wildman–Crippen LogP) is 16.6. The summed E-state index contributed by atoms with van der Waals surface area (Å²) in [5.41, 5.74) is 0. The van der Waals surface area contributed by atoms with Crippen molar-refractivity contribution >= 4 is 17.9 Å². The average Bonchev–Trinajstić information content (AvgIpc) is 3.26. The number of rotatable bonds is 45. The van der Waals surface area contributed by atoms with Gasteiger partial charge in [0, 0.05) is 19.3 Å². The lowest BCUT2D eigenvalue weighted by Crippen LogP contribution is -2.30. The molecule has 6 nitrogen and oxygen atoms in total. The SMILES string of the molecule is CC/C=C\C/C=C\C/C=C\C/C=C\CCCCCCC(=O)OC[C@H](COC(=O)CCCCCCC/C=C\C/C=C\CCCCC)OC(=O)CCCCCCCCCCCCC. The molecular weight excluding hydrogens is 757 g/mol. The van der Waals surface area contributed by atoms with Gasteiger partial charge >= 0.3 is 17.9 Å². The Kier molecular flexibility index (Phi) is 46.9. The molecule has 1 atom stereocenters. The lowest BCUT2D eigenvalue weighted by molar-refractivity contribution is -0.167. The molecule has 0 aromatic carbocycles. The summed E-state index contributed by atoms with van der Waals surface area (Å²) in [6.45, 7) is 6.46. The van der Waals surface area contributed by atoms with Crippen molar-refractivity contribution in [2.45, 2.75) is 245 Å². The minimum Gasteiger partial charge on any atom is -0.462 e. The molecule has 0 aromatic rings. The third kappa shape index (κ3) is 47.7. The first-order valence-corrected chi connectivity index (χ1v) is 25.4. The van der Waals surface area contributed by atoms with E-state index in [0.29, 0.717) is 19.3 Å². The van der Waals surface area contributed by atoms with Gasteiger partial charge < -0.3 is 14.2 Å². The molecule has 0 heterocycles. The highest BCUT2D eigenvalue weighted by Gasteiger charge is 2.19. The van der Waals surface area contributed by atoms with E-state index < -0.39 is 6.10 Å². The molecule has 0 unspecified atom stereocenters. The van der Waals surface area contributed by atoms with E-state index in [-0.39, 0.29) is 31.1 Å². The molecule has 0 fully saturated rings. The van der Waals surface area contributed by atoms with Crippen LogP contribution < -0.4 is 0 Å². The van der Waals surface area contributed by atoms with Crippen molar-refractivity contribution in [1.29, 1.82) is 0 Å². The van der Waals surface area contributed by atoms with Crippen LogP contribution in [0.15, 0.2) is 72.9 Å². The number of unbranched alkanes of at least 4 members (excludes halogenated alkanes) is 22. The highest BCUT2D eigenvalue weighted by atomic mass is 16.6. The van der Waals surface area contributed by atoms with Gasteiger partial charge in [0.25, 0.3) is 0 Å². The molecule has 350 valence electrons. The van der Waals surface area contributed by atoms with Crippen LogP contribution in [0.1, 0.15) is 239 Å². The fourth-order valence-corrected chi connectivity index (χ4v) is 6.87. The minimum absolute atomic E-state index is 0.0896. The Morgan fingerprint density at radius 2 is 0.639 bits per heavy atom. The molecular formula is C55H94O6. The molecule has 0 bridgehead atoms. The monoisotopic (exact) mass is 851 g/mol. The number of carbonyl (C=O) groups is 3. The standard InChI is InChI=1S/C55H94O6/c1-4-7-10-13-16-19-22-24-26-27-29-31-34-36-39-42-45-48-54(57)60-51-52(61-55(58)49-46-43-40-37-32-21-18-15-12-9-6-3)50-59-53(56)47-44-41-38-35-33-30-28-25-23-20-17-14-11-8-5-2/h7,10,16-17,19-20,24-26,28-29,31,52H,4-6,8-9,11-15,18,21-23,27,30,32-51H2,1-3H3/b10-7-,19-16-,20-17-,26-24-,28-25-,31-29-/t52-/m0/s1.